The minimum atomic E-state index is -0.581. The predicted octanol–water partition coefficient (Wildman–Crippen LogP) is 0.866. The average Bonchev–Trinajstić information content (AvgIpc) is 3.29. The highest BCUT2D eigenvalue weighted by Crippen LogP contribution is 2.21. The molecule has 1 aliphatic rings. The number of amides is 1. The van der Waals surface area contributed by atoms with Gasteiger partial charge in [0, 0.05) is 42.9 Å². The first-order valence-electron chi connectivity index (χ1n) is 7.96. The summed E-state index contributed by atoms with van der Waals surface area (Å²) >= 11 is 0. The van der Waals surface area contributed by atoms with E-state index in [1.807, 2.05) is 18.3 Å². The smallest absolute Gasteiger partial charge is 0.269 e. The van der Waals surface area contributed by atoms with Crippen LogP contribution in [0.4, 0.5) is 0 Å². The molecule has 3 heterocycles. The molecule has 1 amide bonds. The van der Waals surface area contributed by atoms with Crippen molar-refractivity contribution in [3.8, 4) is 0 Å². The van der Waals surface area contributed by atoms with Crippen molar-refractivity contribution >= 4 is 16.8 Å². The van der Waals surface area contributed by atoms with Crippen molar-refractivity contribution in [1.82, 2.24) is 25.4 Å². The number of nitrogens with zero attached hydrogens (tertiary/aromatic N) is 2. The molecule has 3 aromatic rings. The normalized spacial score (nSPS) is 21.4. The second-order valence-electron chi connectivity index (χ2n) is 6.17. The largest absolute Gasteiger partial charge is 0.390 e. The van der Waals surface area contributed by atoms with Crippen LogP contribution >= 0.6 is 0 Å². The van der Waals surface area contributed by atoms with E-state index in [0.717, 1.165) is 12.1 Å². The number of fused-ring (bicyclic) bond motifs is 1. The van der Waals surface area contributed by atoms with Crippen LogP contribution < -0.4 is 5.32 Å². The third-order valence-corrected chi connectivity index (χ3v) is 4.51. The van der Waals surface area contributed by atoms with Crippen LogP contribution in [0.2, 0.25) is 0 Å². The summed E-state index contributed by atoms with van der Waals surface area (Å²) in [6.07, 6.45) is 2.88. The molecule has 1 saturated heterocycles. The van der Waals surface area contributed by atoms with Gasteiger partial charge in [-0.3, -0.25) is 14.8 Å². The number of aliphatic hydroxyl groups excluding tert-OH is 1. The zero-order valence-electron chi connectivity index (χ0n) is 13.1. The molecule has 7 heteroatoms. The van der Waals surface area contributed by atoms with Gasteiger partial charge in [0.25, 0.3) is 5.91 Å². The van der Waals surface area contributed by atoms with Crippen molar-refractivity contribution in [3.05, 3.63) is 54.0 Å². The molecule has 1 fully saturated rings. The lowest BCUT2D eigenvalue weighted by Gasteiger charge is -2.17. The average molecular weight is 325 g/mol. The molecular formula is C17H19N5O2. The maximum atomic E-state index is 12.1. The van der Waals surface area contributed by atoms with Crippen LogP contribution in [-0.4, -0.2) is 56.3 Å². The van der Waals surface area contributed by atoms with Gasteiger partial charge in [-0.25, -0.2) is 0 Å². The molecule has 0 radical (unpaired) electrons. The van der Waals surface area contributed by atoms with Gasteiger partial charge in [0.05, 0.1) is 12.1 Å². The number of rotatable bonds is 4. The second kappa shape index (κ2) is 6.10. The summed E-state index contributed by atoms with van der Waals surface area (Å²) < 4.78 is 0. The quantitative estimate of drug-likeness (QED) is 0.572. The molecule has 0 unspecified atom stereocenters. The Morgan fingerprint density at radius 1 is 1.33 bits per heavy atom. The fourth-order valence-electron chi connectivity index (χ4n) is 3.29. The highest BCUT2D eigenvalue weighted by molar-refractivity contribution is 5.92. The van der Waals surface area contributed by atoms with Crippen LogP contribution in [0.25, 0.3) is 10.9 Å². The van der Waals surface area contributed by atoms with E-state index in [2.05, 4.69) is 37.5 Å². The number of likely N-dealkylation sites (tertiary alicyclic amines) is 1. The summed E-state index contributed by atoms with van der Waals surface area (Å²) in [5.74, 6) is -0.244. The summed E-state index contributed by atoms with van der Waals surface area (Å²) in [4.78, 5) is 17.5. The van der Waals surface area contributed by atoms with Crippen LogP contribution in [-0.2, 0) is 6.54 Å². The first kappa shape index (κ1) is 14.9. The molecule has 0 aliphatic carbocycles. The van der Waals surface area contributed by atoms with E-state index in [4.69, 9.17) is 0 Å². The first-order chi connectivity index (χ1) is 11.7. The second-order valence-corrected chi connectivity index (χ2v) is 6.17. The lowest BCUT2D eigenvalue weighted by Crippen LogP contribution is -2.43. The van der Waals surface area contributed by atoms with Gasteiger partial charge in [-0.2, -0.15) is 5.10 Å². The van der Waals surface area contributed by atoms with E-state index < -0.39 is 6.10 Å². The number of hydrogen-bond acceptors (Lipinski definition) is 4. The number of H-pyrrole nitrogens is 2. The van der Waals surface area contributed by atoms with Crippen molar-refractivity contribution in [1.29, 1.82) is 0 Å². The monoisotopic (exact) mass is 325 g/mol. The lowest BCUT2D eigenvalue weighted by molar-refractivity contribution is 0.0883. The van der Waals surface area contributed by atoms with Gasteiger partial charge in [-0.1, -0.05) is 12.1 Å². The number of β-amino-alcohol motifs (C(OH)–C–C–N with tert-alkyl or cyclic N) is 1. The molecule has 2 aromatic heterocycles. The number of aliphatic hydroxyl groups is 1. The molecule has 4 rings (SSSR count). The number of hydrogen-bond donors (Lipinski definition) is 4. The van der Waals surface area contributed by atoms with Gasteiger partial charge in [-0.05, 0) is 23.8 Å². The Hall–Kier alpha value is -2.64. The Labute approximate surface area is 138 Å². The molecule has 0 saturated carbocycles. The van der Waals surface area contributed by atoms with E-state index in [1.165, 1.54) is 17.1 Å². The van der Waals surface area contributed by atoms with E-state index in [1.54, 1.807) is 6.07 Å². The van der Waals surface area contributed by atoms with Crippen LogP contribution in [0, 0.1) is 0 Å². The number of aromatic nitrogens is 3. The number of carbonyl (C=O) groups is 1. The van der Waals surface area contributed by atoms with Crippen LogP contribution in [0.15, 0.2) is 42.7 Å². The van der Waals surface area contributed by atoms with E-state index in [0.29, 0.717) is 18.8 Å². The fourth-order valence-corrected chi connectivity index (χ4v) is 3.29. The van der Waals surface area contributed by atoms with Gasteiger partial charge in [0.2, 0.25) is 0 Å². The Balaban J connectivity index is 1.43. The van der Waals surface area contributed by atoms with Crippen LogP contribution in [0.5, 0.6) is 0 Å². The van der Waals surface area contributed by atoms with E-state index in [-0.39, 0.29) is 11.9 Å². The topological polar surface area (TPSA) is 97.0 Å². The molecule has 0 bridgehead atoms. The molecule has 1 aliphatic heterocycles. The molecule has 124 valence electrons. The van der Waals surface area contributed by atoms with Gasteiger partial charge >= 0.3 is 0 Å². The molecule has 24 heavy (non-hydrogen) atoms. The highest BCUT2D eigenvalue weighted by atomic mass is 16.3. The van der Waals surface area contributed by atoms with Gasteiger partial charge in [0.1, 0.15) is 5.69 Å². The zero-order chi connectivity index (χ0) is 16.5. The summed E-state index contributed by atoms with van der Waals surface area (Å²) in [5, 5.41) is 20.7. The van der Waals surface area contributed by atoms with Gasteiger partial charge in [-0.15, -0.1) is 0 Å². The standard InChI is InChI=1S/C17H19N5O2/c23-16-10-22(8-11-2-1-3-13-12(11)4-6-18-13)9-15(16)20-17(24)14-5-7-19-21-14/h1-7,15-16,18,23H,8-10H2,(H,19,21)(H,20,24)/t15-,16-/m1/s1. The van der Waals surface area contributed by atoms with E-state index in [9.17, 15) is 9.90 Å². The first-order valence-corrected chi connectivity index (χ1v) is 7.96. The minimum absolute atomic E-state index is 0.244. The van der Waals surface area contributed by atoms with Crippen LogP contribution in [0.1, 0.15) is 16.1 Å². The number of nitrogens with one attached hydrogen (secondary N) is 3. The Morgan fingerprint density at radius 2 is 2.25 bits per heavy atom. The summed E-state index contributed by atoms with van der Waals surface area (Å²) in [7, 11) is 0. The minimum Gasteiger partial charge on any atom is -0.390 e. The number of carbonyl (C=O) groups excluding carboxylic acids is 1. The summed E-state index contributed by atoms with van der Waals surface area (Å²) in [5.41, 5.74) is 2.72. The van der Waals surface area contributed by atoms with Crippen molar-refractivity contribution in [3.63, 3.8) is 0 Å². The molecule has 4 N–H and O–H groups in total. The molecule has 7 nitrogen and oxygen atoms in total. The maximum absolute atomic E-state index is 12.1. The Bertz CT molecular complexity index is 842. The summed E-state index contributed by atoms with van der Waals surface area (Å²) in [6, 6.07) is 9.56. The highest BCUT2D eigenvalue weighted by Gasteiger charge is 2.32. The van der Waals surface area contributed by atoms with Crippen molar-refractivity contribution in [2.45, 2.75) is 18.7 Å². The Morgan fingerprint density at radius 3 is 3.08 bits per heavy atom. The predicted molar refractivity (Wildman–Crippen MR) is 89.4 cm³/mol. The van der Waals surface area contributed by atoms with Crippen molar-refractivity contribution < 1.29 is 9.90 Å². The van der Waals surface area contributed by atoms with E-state index >= 15 is 0 Å². The third kappa shape index (κ3) is 2.79. The third-order valence-electron chi connectivity index (χ3n) is 4.51. The number of aromatic amines is 2. The fraction of sp³-hybridized carbons (Fsp3) is 0.294. The van der Waals surface area contributed by atoms with Gasteiger partial charge < -0.3 is 15.4 Å². The maximum Gasteiger partial charge on any atom is 0.269 e. The molecule has 1 aromatic carbocycles. The zero-order valence-corrected chi connectivity index (χ0v) is 13.1. The summed E-state index contributed by atoms with van der Waals surface area (Å²) in [6.45, 7) is 1.89. The number of benzene rings is 1. The van der Waals surface area contributed by atoms with Gasteiger partial charge in [0.15, 0.2) is 0 Å². The SMILES string of the molecule is O=C(N[C@@H]1CN(Cc2cccc3[nH]ccc23)C[C@H]1O)c1ccn[nH]1. The van der Waals surface area contributed by atoms with Crippen molar-refractivity contribution in [2.24, 2.45) is 0 Å². The molecule has 0 spiro atoms. The molecular weight excluding hydrogens is 306 g/mol. The molecule has 2 atom stereocenters. The lowest BCUT2D eigenvalue weighted by atomic mass is 10.1. The Kier molecular flexibility index (Phi) is 3.79. The van der Waals surface area contributed by atoms with Crippen LogP contribution in [0.3, 0.4) is 0 Å². The van der Waals surface area contributed by atoms with Crippen molar-refractivity contribution in [2.75, 3.05) is 13.1 Å².